The molecule has 0 saturated carbocycles. The van der Waals surface area contributed by atoms with Crippen LogP contribution in [0.1, 0.15) is 55.0 Å². The summed E-state index contributed by atoms with van der Waals surface area (Å²) in [4.78, 5) is 60.3. The predicted octanol–water partition coefficient (Wildman–Crippen LogP) is 3.52. The molecule has 0 spiro atoms. The van der Waals surface area contributed by atoms with E-state index in [1.165, 1.54) is 67.4 Å². The predicted molar refractivity (Wildman–Crippen MR) is 239 cm³/mol. The van der Waals surface area contributed by atoms with E-state index in [-0.39, 0.29) is 69.7 Å². The summed E-state index contributed by atoms with van der Waals surface area (Å²) in [7, 11) is -9.00. The smallest absolute Gasteiger partial charge is 0.353 e. The minimum absolute atomic E-state index is 0.124. The molecule has 3 aromatic carbocycles. The third-order valence-electron chi connectivity index (χ3n) is 9.69. The van der Waals surface area contributed by atoms with Crippen LogP contribution >= 0.6 is 0 Å². The van der Waals surface area contributed by atoms with Crippen molar-refractivity contribution in [2.24, 2.45) is 9.50 Å². The lowest BCUT2D eigenvalue weighted by atomic mass is 10.1. The molecule has 2 amide bonds. The number of aryl methyl sites for hydroxylation is 4. The van der Waals surface area contributed by atoms with Crippen LogP contribution in [0.4, 0.5) is 11.8 Å². The molecule has 0 saturated heterocycles. The van der Waals surface area contributed by atoms with Crippen LogP contribution in [0.3, 0.4) is 0 Å². The Morgan fingerprint density at radius 3 is 2.31 bits per heavy atom. The molecule has 0 aliphatic heterocycles. The van der Waals surface area contributed by atoms with Crippen LogP contribution in [0.2, 0.25) is 0 Å². The molecule has 21 nitrogen and oxygen atoms in total. The summed E-state index contributed by atoms with van der Waals surface area (Å²) in [6, 6.07) is 16.7. The number of amides is 2. The molecule has 65 heavy (non-hydrogen) atoms. The number of hydrazone groups is 1. The minimum Gasteiger partial charge on any atom is -0.477 e. The lowest BCUT2D eigenvalue weighted by Crippen LogP contribution is -2.36. The molecule has 3 heterocycles. The van der Waals surface area contributed by atoms with Crippen LogP contribution in [0.15, 0.2) is 116 Å². The average molecular weight is 927 g/mol. The second-order valence-corrected chi connectivity index (χ2v) is 17.4. The van der Waals surface area contributed by atoms with Gasteiger partial charge in [0.05, 0.1) is 41.1 Å². The number of anilines is 2. The summed E-state index contributed by atoms with van der Waals surface area (Å²) in [6.45, 7) is 4.53. The first-order valence-electron chi connectivity index (χ1n) is 19.5. The van der Waals surface area contributed by atoms with Gasteiger partial charge in [0.1, 0.15) is 16.3 Å². The van der Waals surface area contributed by atoms with Crippen molar-refractivity contribution in [3.05, 3.63) is 141 Å². The van der Waals surface area contributed by atoms with E-state index in [9.17, 15) is 50.9 Å². The minimum atomic E-state index is -4.52. The Morgan fingerprint density at radius 2 is 1.65 bits per heavy atom. The number of sulfonamides is 1. The van der Waals surface area contributed by atoms with Gasteiger partial charge in [0.2, 0.25) is 11.4 Å². The molecule has 338 valence electrons. The van der Waals surface area contributed by atoms with Gasteiger partial charge in [-0.2, -0.15) is 31.1 Å². The molecular formula is C42H42N10O11S2. The zero-order valence-electron chi connectivity index (χ0n) is 34.9. The number of nitrogens with zero attached hydrogens (tertiary/aromatic N) is 6. The van der Waals surface area contributed by atoms with E-state index in [4.69, 9.17) is 0 Å². The molecule has 6 aromatic rings. The van der Waals surface area contributed by atoms with Crippen molar-refractivity contribution in [3.63, 3.8) is 0 Å². The Morgan fingerprint density at radius 1 is 0.908 bits per heavy atom. The quantitative estimate of drug-likeness (QED) is 0.0213. The van der Waals surface area contributed by atoms with E-state index < -0.39 is 55.6 Å². The fourth-order valence-corrected chi connectivity index (χ4v) is 8.93. The van der Waals surface area contributed by atoms with Crippen molar-refractivity contribution in [1.29, 1.82) is 0 Å². The number of hydrogen-bond acceptors (Lipinski definition) is 14. The number of carbonyl (C=O) groups excluding carboxylic acids is 2. The molecular weight excluding hydrogens is 885 g/mol. The monoisotopic (exact) mass is 926 g/mol. The highest BCUT2D eigenvalue weighted by Gasteiger charge is 2.24. The first-order valence-corrected chi connectivity index (χ1v) is 22.4. The molecule has 0 aliphatic carbocycles. The molecule has 0 aliphatic rings. The van der Waals surface area contributed by atoms with Crippen LogP contribution in [0.5, 0.6) is 0 Å². The number of aliphatic carboxylic acids is 1. The van der Waals surface area contributed by atoms with Crippen LogP contribution in [0, 0.1) is 20.8 Å². The number of aromatic nitrogens is 4. The lowest BCUT2D eigenvalue weighted by molar-refractivity contribution is -0.129. The molecule has 6 rings (SSSR count). The van der Waals surface area contributed by atoms with Crippen molar-refractivity contribution >= 4 is 72.5 Å². The zero-order chi connectivity index (χ0) is 47.1. The summed E-state index contributed by atoms with van der Waals surface area (Å²) < 4.78 is 65.2. The maximum absolute atomic E-state index is 13.8. The topological polar surface area (TPSA) is 306 Å². The van der Waals surface area contributed by atoms with Crippen molar-refractivity contribution in [3.8, 4) is 0 Å². The Kier molecular flexibility index (Phi) is 14.2. The highest BCUT2D eigenvalue weighted by Crippen LogP contribution is 2.24. The molecule has 0 fully saturated rings. The van der Waals surface area contributed by atoms with Gasteiger partial charge < -0.3 is 30.8 Å². The number of imidazole rings is 1. The van der Waals surface area contributed by atoms with Crippen LogP contribution < -0.4 is 26.8 Å². The van der Waals surface area contributed by atoms with Gasteiger partial charge in [-0.3, -0.25) is 24.4 Å². The second-order valence-electron chi connectivity index (χ2n) is 14.5. The number of carboxylic acids is 1. The summed E-state index contributed by atoms with van der Waals surface area (Å²) in [6.07, 6.45) is 6.77. The number of hydrogen-bond donors (Lipinski definition) is 7. The maximum atomic E-state index is 13.8. The van der Waals surface area contributed by atoms with E-state index in [0.29, 0.717) is 22.2 Å². The number of carbonyl (C=O) groups is 3. The third-order valence-corrected chi connectivity index (χ3v) is 12.2. The van der Waals surface area contributed by atoms with Crippen LogP contribution in [0.25, 0.3) is 10.9 Å². The number of benzene rings is 3. The van der Waals surface area contributed by atoms with Gasteiger partial charge in [-0.05, 0) is 74.2 Å². The Balaban J connectivity index is 1.17. The normalized spacial score (nSPS) is 12.0. The maximum Gasteiger partial charge on any atom is 0.353 e. The summed E-state index contributed by atoms with van der Waals surface area (Å²) in [5.41, 5.74) is 3.60. The Hall–Kier alpha value is -7.76. The molecule has 23 heteroatoms. The SMILES string of the molecule is Cc1cc(C)c(S(=O)(=O)/N=C(/CNC(=O)c2cn(CCCNC(=O)c3ccc(N/N=C/c4ccccc4S(=O)(=O)O)nc3)c3cc(CNc4nccn4O)ccc3c2=O)C(=O)O)c(C)c1. The molecule has 0 unspecified atom stereocenters. The fourth-order valence-electron chi connectivity index (χ4n) is 6.81. The first-order chi connectivity index (χ1) is 30.8. The van der Waals surface area contributed by atoms with Gasteiger partial charge >= 0.3 is 5.97 Å². The van der Waals surface area contributed by atoms with Gasteiger partial charge in [-0.1, -0.05) is 42.0 Å². The molecule has 3 aromatic heterocycles. The van der Waals surface area contributed by atoms with Crippen molar-refractivity contribution in [1.82, 2.24) is 29.9 Å². The fraction of sp³-hybridized carbons (Fsp3) is 0.190. The van der Waals surface area contributed by atoms with Crippen molar-refractivity contribution in [2.75, 3.05) is 23.8 Å². The summed E-state index contributed by atoms with van der Waals surface area (Å²) in [5, 5.41) is 32.0. The third kappa shape index (κ3) is 11.4. The van der Waals surface area contributed by atoms with Gasteiger partial charge in [0, 0.05) is 43.0 Å². The average Bonchev–Trinajstić information content (AvgIpc) is 3.67. The van der Waals surface area contributed by atoms with E-state index in [2.05, 4.69) is 40.8 Å². The Bertz CT molecular complexity index is 3140. The summed E-state index contributed by atoms with van der Waals surface area (Å²) >= 11 is 0. The number of carboxylic acid groups (broad SMARTS) is 1. The van der Waals surface area contributed by atoms with Gasteiger partial charge in [-0.15, -0.1) is 0 Å². The number of nitrogens with one attached hydrogen (secondary N) is 4. The van der Waals surface area contributed by atoms with E-state index in [0.717, 1.165) is 10.3 Å². The van der Waals surface area contributed by atoms with Crippen LogP contribution in [-0.4, -0.2) is 93.8 Å². The van der Waals surface area contributed by atoms with Crippen LogP contribution in [-0.2, 0) is 38.0 Å². The number of pyridine rings is 2. The van der Waals surface area contributed by atoms with Crippen molar-refractivity contribution < 1.29 is 46.1 Å². The standard InChI is InChI=1S/C42H42N10O11S2/c1-25-17-26(2)38(27(3)18-25)64(59,60)50-33(41(56)57)23-46-40(55)32-24-51(34-19-28(9-11-31(34)37(32)53)20-47-42-44-14-16-52(42)58)15-6-13-43-39(54)30-10-12-36(45-21-30)49-48-22-29-7-4-5-8-35(29)65(61,62)63/h4-5,7-12,14,16-19,21-22,24,58H,6,13,15,20,23H2,1-3H3,(H,43,54)(H,44,47)(H,45,49)(H,46,55)(H,56,57)(H,61,62,63)/b48-22+,50-33-. The molecule has 0 atom stereocenters. The van der Waals surface area contributed by atoms with E-state index in [1.807, 2.05) is 0 Å². The van der Waals surface area contributed by atoms with E-state index in [1.54, 1.807) is 55.7 Å². The number of rotatable bonds is 18. The summed E-state index contributed by atoms with van der Waals surface area (Å²) in [5.74, 6) is -2.77. The lowest BCUT2D eigenvalue weighted by Gasteiger charge is -2.15. The zero-order valence-corrected chi connectivity index (χ0v) is 36.5. The Labute approximate surface area is 371 Å². The van der Waals surface area contributed by atoms with Gasteiger partial charge in [0.15, 0.2) is 5.71 Å². The highest BCUT2D eigenvalue weighted by atomic mass is 32.2. The van der Waals surface area contributed by atoms with E-state index >= 15 is 0 Å². The largest absolute Gasteiger partial charge is 0.477 e. The van der Waals surface area contributed by atoms with Gasteiger partial charge in [0.25, 0.3) is 32.0 Å². The highest BCUT2D eigenvalue weighted by molar-refractivity contribution is 7.90. The second kappa shape index (κ2) is 19.7. The number of fused-ring (bicyclic) bond motifs is 1. The van der Waals surface area contributed by atoms with Gasteiger partial charge in [-0.25, -0.2) is 14.8 Å². The first kappa shape index (κ1) is 46.7. The molecule has 7 N–H and O–H groups in total. The molecule has 0 radical (unpaired) electrons. The molecule has 0 bridgehead atoms. The van der Waals surface area contributed by atoms with Crippen molar-refractivity contribution in [2.45, 2.75) is 50.1 Å².